The highest BCUT2D eigenvalue weighted by Crippen LogP contribution is 2.39. The Labute approximate surface area is 213 Å². The standard InChI is InChI=1S/C25H23N5O6S/c1-29(2)22(31)15-26-37(35,36)19-11-8-17(9-12-19)27-24(16-6-4-3-5-7-16)23-20-14-18(30(33)34)10-13-21(20)28-25(23)32/h3-14,26-27H,15H2,1-2H3,(H,28,32)/b24-23-. The maximum atomic E-state index is 13.0. The molecule has 0 saturated heterocycles. The number of sulfonamides is 1. The van der Waals surface area contributed by atoms with Crippen LogP contribution in [0.25, 0.3) is 11.3 Å². The maximum absolute atomic E-state index is 13.0. The van der Waals surface area contributed by atoms with Crippen LogP contribution in [0.5, 0.6) is 0 Å². The molecular formula is C25H23N5O6S. The van der Waals surface area contributed by atoms with Crippen molar-refractivity contribution in [3.05, 3.63) is 94.0 Å². The van der Waals surface area contributed by atoms with Crippen molar-refractivity contribution in [1.29, 1.82) is 0 Å². The van der Waals surface area contributed by atoms with E-state index in [-0.39, 0.29) is 22.7 Å². The van der Waals surface area contributed by atoms with Crippen LogP contribution >= 0.6 is 0 Å². The summed E-state index contributed by atoms with van der Waals surface area (Å²) in [6, 6.07) is 18.9. The number of non-ortho nitro benzene ring substituents is 1. The monoisotopic (exact) mass is 521 g/mol. The van der Waals surface area contributed by atoms with Crippen LogP contribution < -0.4 is 15.4 Å². The lowest BCUT2D eigenvalue weighted by atomic mass is 9.99. The minimum atomic E-state index is -3.93. The summed E-state index contributed by atoms with van der Waals surface area (Å²) in [5.74, 6) is -0.827. The van der Waals surface area contributed by atoms with Crippen molar-refractivity contribution < 1.29 is 22.9 Å². The lowest BCUT2D eigenvalue weighted by Crippen LogP contribution is -2.36. The van der Waals surface area contributed by atoms with E-state index >= 15 is 0 Å². The van der Waals surface area contributed by atoms with Crippen LogP contribution in [0.1, 0.15) is 11.1 Å². The number of nitro groups is 1. The SMILES string of the molecule is CN(C)C(=O)CNS(=O)(=O)c1ccc(N/C(=C2\C(=O)Nc3ccc([N+](=O)[O-])cc32)c2ccccc2)cc1. The van der Waals surface area contributed by atoms with E-state index in [1.165, 1.54) is 61.5 Å². The molecule has 0 atom stereocenters. The Hall–Kier alpha value is -4.55. The zero-order chi connectivity index (χ0) is 26.7. The summed E-state index contributed by atoms with van der Waals surface area (Å²) in [7, 11) is -0.879. The minimum absolute atomic E-state index is 0.0434. The van der Waals surface area contributed by atoms with Gasteiger partial charge in [-0.25, -0.2) is 13.1 Å². The number of carbonyl (C=O) groups is 2. The molecular weight excluding hydrogens is 498 g/mol. The van der Waals surface area contributed by atoms with Crippen LogP contribution in [0.3, 0.4) is 0 Å². The number of nitrogens with zero attached hydrogens (tertiary/aromatic N) is 2. The second-order valence-electron chi connectivity index (χ2n) is 8.32. The van der Waals surface area contributed by atoms with Crippen LogP contribution in [-0.2, 0) is 19.6 Å². The average molecular weight is 522 g/mol. The van der Waals surface area contributed by atoms with E-state index in [0.29, 0.717) is 28.2 Å². The quantitative estimate of drug-likeness (QED) is 0.234. The highest BCUT2D eigenvalue weighted by atomic mass is 32.2. The number of carbonyl (C=O) groups excluding carboxylic acids is 2. The van der Waals surface area contributed by atoms with E-state index in [1.807, 2.05) is 6.07 Å². The summed E-state index contributed by atoms with van der Waals surface area (Å²) >= 11 is 0. The number of nitrogens with one attached hydrogen (secondary N) is 3. The van der Waals surface area contributed by atoms with Gasteiger partial charge >= 0.3 is 0 Å². The van der Waals surface area contributed by atoms with Gasteiger partial charge in [-0.3, -0.25) is 19.7 Å². The Kier molecular flexibility index (Phi) is 7.05. The summed E-state index contributed by atoms with van der Waals surface area (Å²) in [5.41, 5.74) is 2.39. The summed E-state index contributed by atoms with van der Waals surface area (Å²) in [6.07, 6.45) is 0. The summed E-state index contributed by atoms with van der Waals surface area (Å²) in [4.78, 5) is 36.8. The van der Waals surface area contributed by atoms with Crippen molar-refractivity contribution in [2.45, 2.75) is 4.90 Å². The van der Waals surface area contributed by atoms with Crippen molar-refractivity contribution in [2.24, 2.45) is 0 Å². The van der Waals surface area contributed by atoms with Crippen molar-refractivity contribution in [2.75, 3.05) is 31.3 Å². The molecule has 2 amide bonds. The normalized spacial score (nSPS) is 13.9. The smallest absolute Gasteiger partial charge is 0.270 e. The highest BCUT2D eigenvalue weighted by Gasteiger charge is 2.30. The van der Waals surface area contributed by atoms with Crippen LogP contribution in [-0.4, -0.2) is 50.7 Å². The third kappa shape index (κ3) is 5.50. The van der Waals surface area contributed by atoms with Gasteiger partial charge in [-0.15, -0.1) is 0 Å². The predicted octanol–water partition coefficient (Wildman–Crippen LogP) is 2.89. The fourth-order valence-corrected chi connectivity index (χ4v) is 4.64. The van der Waals surface area contributed by atoms with Crippen molar-refractivity contribution >= 4 is 50.2 Å². The first-order chi connectivity index (χ1) is 17.6. The molecule has 0 radical (unpaired) electrons. The Morgan fingerprint density at radius 2 is 1.70 bits per heavy atom. The van der Waals surface area contributed by atoms with E-state index < -0.39 is 26.8 Å². The van der Waals surface area contributed by atoms with Crippen molar-refractivity contribution in [3.8, 4) is 0 Å². The summed E-state index contributed by atoms with van der Waals surface area (Å²) < 4.78 is 27.4. The van der Waals surface area contributed by atoms with E-state index in [4.69, 9.17) is 0 Å². The summed E-state index contributed by atoms with van der Waals surface area (Å²) in [5, 5.41) is 17.2. The molecule has 0 saturated carbocycles. The van der Waals surface area contributed by atoms with Crippen LogP contribution in [0.4, 0.5) is 17.1 Å². The lowest BCUT2D eigenvalue weighted by Gasteiger charge is -2.15. The van der Waals surface area contributed by atoms with E-state index in [2.05, 4.69) is 15.4 Å². The van der Waals surface area contributed by atoms with E-state index in [0.717, 1.165) is 0 Å². The fraction of sp³-hybridized carbons (Fsp3) is 0.120. The van der Waals surface area contributed by atoms with Gasteiger partial charge in [0.25, 0.3) is 11.6 Å². The first-order valence-electron chi connectivity index (χ1n) is 11.0. The molecule has 12 heteroatoms. The molecule has 3 aromatic carbocycles. The fourth-order valence-electron chi connectivity index (χ4n) is 3.66. The third-order valence-electron chi connectivity index (χ3n) is 5.62. The molecule has 0 fully saturated rings. The molecule has 1 aliphatic heterocycles. The van der Waals surface area contributed by atoms with Gasteiger partial charge in [-0.05, 0) is 35.9 Å². The first-order valence-corrected chi connectivity index (χ1v) is 12.5. The van der Waals surface area contributed by atoms with E-state index in [9.17, 15) is 28.1 Å². The van der Waals surface area contributed by atoms with Crippen LogP contribution in [0.2, 0.25) is 0 Å². The number of fused-ring (bicyclic) bond motifs is 1. The number of hydrogen-bond donors (Lipinski definition) is 3. The molecule has 3 N–H and O–H groups in total. The molecule has 4 rings (SSSR count). The molecule has 0 bridgehead atoms. The van der Waals surface area contributed by atoms with Gasteiger partial charge in [0.05, 0.1) is 27.6 Å². The average Bonchev–Trinajstić information content (AvgIpc) is 3.21. The lowest BCUT2D eigenvalue weighted by molar-refractivity contribution is -0.384. The predicted molar refractivity (Wildman–Crippen MR) is 139 cm³/mol. The number of anilines is 2. The Balaban J connectivity index is 1.71. The first kappa shape index (κ1) is 25.5. The number of likely N-dealkylation sites (N-methyl/N-ethyl adjacent to an activating group) is 1. The molecule has 37 heavy (non-hydrogen) atoms. The molecule has 1 heterocycles. The highest BCUT2D eigenvalue weighted by molar-refractivity contribution is 7.89. The Bertz CT molecular complexity index is 1520. The van der Waals surface area contributed by atoms with Crippen molar-refractivity contribution in [3.63, 3.8) is 0 Å². The van der Waals surface area contributed by atoms with Gasteiger partial charge in [-0.2, -0.15) is 0 Å². The number of amides is 2. The van der Waals surface area contributed by atoms with Crippen LogP contribution in [0, 0.1) is 10.1 Å². The van der Waals surface area contributed by atoms with Gasteiger partial charge in [0.1, 0.15) is 0 Å². The van der Waals surface area contributed by atoms with Gasteiger partial charge < -0.3 is 15.5 Å². The zero-order valence-electron chi connectivity index (χ0n) is 19.9. The molecule has 3 aromatic rings. The largest absolute Gasteiger partial charge is 0.354 e. The second-order valence-corrected chi connectivity index (χ2v) is 10.1. The molecule has 0 aliphatic carbocycles. The Morgan fingerprint density at radius 1 is 1.03 bits per heavy atom. The molecule has 0 unspecified atom stereocenters. The maximum Gasteiger partial charge on any atom is 0.270 e. The van der Waals surface area contributed by atoms with Gasteiger partial charge in [0, 0.05) is 43.2 Å². The molecule has 11 nitrogen and oxygen atoms in total. The number of rotatable bonds is 8. The minimum Gasteiger partial charge on any atom is -0.354 e. The number of benzene rings is 3. The third-order valence-corrected chi connectivity index (χ3v) is 7.03. The van der Waals surface area contributed by atoms with Crippen molar-refractivity contribution in [1.82, 2.24) is 9.62 Å². The van der Waals surface area contributed by atoms with Gasteiger partial charge in [0.15, 0.2) is 0 Å². The molecule has 0 spiro atoms. The van der Waals surface area contributed by atoms with Gasteiger partial charge in [0.2, 0.25) is 15.9 Å². The van der Waals surface area contributed by atoms with E-state index in [1.54, 1.807) is 24.3 Å². The van der Waals surface area contributed by atoms with Gasteiger partial charge in [-0.1, -0.05) is 30.3 Å². The second kappa shape index (κ2) is 10.2. The Morgan fingerprint density at radius 3 is 2.32 bits per heavy atom. The number of hydrogen-bond acceptors (Lipinski definition) is 7. The molecule has 0 aromatic heterocycles. The number of nitro benzene ring substituents is 1. The molecule has 1 aliphatic rings. The topological polar surface area (TPSA) is 151 Å². The van der Waals surface area contributed by atoms with Crippen LogP contribution in [0.15, 0.2) is 77.7 Å². The zero-order valence-corrected chi connectivity index (χ0v) is 20.7. The molecule has 190 valence electrons. The summed E-state index contributed by atoms with van der Waals surface area (Å²) in [6.45, 7) is -0.375.